The lowest BCUT2D eigenvalue weighted by Gasteiger charge is -2.47. The third kappa shape index (κ3) is 4.99. The van der Waals surface area contributed by atoms with Crippen LogP contribution in [0.25, 0.3) is 0 Å². The molecular formula is C26H35BrO2Si. The molecule has 2 aromatic carbocycles. The van der Waals surface area contributed by atoms with Gasteiger partial charge < -0.3 is 9.16 Å². The van der Waals surface area contributed by atoms with Crippen molar-refractivity contribution in [3.8, 4) is 0 Å². The number of allylic oxidation sites excluding steroid dienone is 2. The van der Waals surface area contributed by atoms with E-state index in [9.17, 15) is 0 Å². The molecule has 0 amide bonds. The summed E-state index contributed by atoms with van der Waals surface area (Å²) in [6, 6.07) is 21.8. The van der Waals surface area contributed by atoms with Crippen LogP contribution in [0.4, 0.5) is 0 Å². The van der Waals surface area contributed by atoms with Gasteiger partial charge in [-0.3, -0.25) is 0 Å². The molecule has 0 spiro atoms. The maximum absolute atomic E-state index is 7.35. The minimum absolute atomic E-state index is 0.0167. The molecule has 1 saturated carbocycles. The molecule has 162 valence electrons. The van der Waals surface area contributed by atoms with E-state index in [4.69, 9.17) is 9.16 Å². The molecule has 4 heteroatoms. The summed E-state index contributed by atoms with van der Waals surface area (Å²) in [4.78, 5) is 0. The highest BCUT2D eigenvalue weighted by Gasteiger charge is 2.52. The highest BCUT2D eigenvalue weighted by atomic mass is 79.9. The lowest BCUT2D eigenvalue weighted by molar-refractivity contribution is -0.0366. The quantitative estimate of drug-likeness (QED) is 0.462. The fourth-order valence-corrected chi connectivity index (χ4v) is 10.0. The van der Waals surface area contributed by atoms with Crippen LogP contribution in [0.3, 0.4) is 0 Å². The summed E-state index contributed by atoms with van der Waals surface area (Å²) in [5, 5.41) is 2.64. The molecule has 0 bridgehead atoms. The van der Waals surface area contributed by atoms with E-state index in [-0.39, 0.29) is 17.2 Å². The van der Waals surface area contributed by atoms with E-state index in [1.807, 2.05) is 7.11 Å². The molecule has 0 saturated heterocycles. The Morgan fingerprint density at radius 1 is 0.933 bits per heavy atom. The van der Waals surface area contributed by atoms with Gasteiger partial charge in [0.1, 0.15) is 0 Å². The Morgan fingerprint density at radius 3 is 1.90 bits per heavy atom. The van der Waals surface area contributed by atoms with Crippen molar-refractivity contribution in [3.63, 3.8) is 0 Å². The largest absolute Gasteiger partial charge is 0.402 e. The molecule has 0 aromatic heterocycles. The highest BCUT2D eigenvalue weighted by Crippen LogP contribution is 2.40. The molecule has 0 heterocycles. The van der Waals surface area contributed by atoms with Gasteiger partial charge >= 0.3 is 0 Å². The first-order valence-corrected chi connectivity index (χ1v) is 13.6. The summed E-state index contributed by atoms with van der Waals surface area (Å²) in [5.41, 5.74) is 0. The fourth-order valence-electron chi connectivity index (χ4n) is 4.91. The number of ether oxygens (including phenoxy) is 1. The molecule has 0 aliphatic heterocycles. The molecule has 2 aromatic rings. The van der Waals surface area contributed by atoms with Gasteiger partial charge in [-0.05, 0) is 52.0 Å². The number of halogens is 1. The van der Waals surface area contributed by atoms with Crippen LogP contribution in [0.5, 0.6) is 0 Å². The Bertz CT molecular complexity index is 786. The Balaban J connectivity index is 2.04. The third-order valence-electron chi connectivity index (χ3n) is 6.28. The van der Waals surface area contributed by atoms with Crippen molar-refractivity contribution in [1.29, 1.82) is 0 Å². The Labute approximate surface area is 192 Å². The summed E-state index contributed by atoms with van der Waals surface area (Å²) < 4.78 is 14.6. The van der Waals surface area contributed by atoms with Crippen LogP contribution in [0.2, 0.25) is 5.04 Å². The summed E-state index contributed by atoms with van der Waals surface area (Å²) in [5.74, 6) is 0.535. The van der Waals surface area contributed by atoms with E-state index in [1.165, 1.54) is 14.9 Å². The maximum atomic E-state index is 7.35. The van der Waals surface area contributed by atoms with Gasteiger partial charge in [0.2, 0.25) is 0 Å². The average Bonchev–Trinajstić information content (AvgIpc) is 2.72. The van der Waals surface area contributed by atoms with Crippen molar-refractivity contribution in [1.82, 2.24) is 0 Å². The second-order valence-corrected chi connectivity index (χ2v) is 14.9. The van der Waals surface area contributed by atoms with Gasteiger partial charge in [-0.25, -0.2) is 0 Å². The predicted octanol–water partition coefficient (Wildman–Crippen LogP) is 6.05. The van der Waals surface area contributed by atoms with Crippen molar-refractivity contribution >= 4 is 34.6 Å². The van der Waals surface area contributed by atoms with Crippen molar-refractivity contribution in [2.45, 2.75) is 64.2 Å². The van der Waals surface area contributed by atoms with Gasteiger partial charge in [0.25, 0.3) is 8.32 Å². The zero-order chi connectivity index (χ0) is 21.8. The summed E-state index contributed by atoms with van der Waals surface area (Å²) in [7, 11) is -0.721. The summed E-state index contributed by atoms with van der Waals surface area (Å²) in [6.07, 6.45) is 5.68. The molecule has 30 heavy (non-hydrogen) atoms. The Morgan fingerprint density at radius 2 is 1.47 bits per heavy atom. The van der Waals surface area contributed by atoms with E-state index < -0.39 is 8.32 Å². The van der Waals surface area contributed by atoms with Gasteiger partial charge in [-0.1, -0.05) is 103 Å². The van der Waals surface area contributed by atoms with Gasteiger partial charge in [0.05, 0.1) is 12.2 Å². The molecule has 0 unspecified atom stereocenters. The lowest BCUT2D eigenvalue weighted by atomic mass is 9.85. The predicted molar refractivity (Wildman–Crippen MR) is 133 cm³/mol. The van der Waals surface area contributed by atoms with Crippen LogP contribution in [0, 0.1) is 5.92 Å². The molecule has 0 radical (unpaired) electrons. The van der Waals surface area contributed by atoms with Crippen molar-refractivity contribution in [2.24, 2.45) is 5.92 Å². The third-order valence-corrected chi connectivity index (χ3v) is 11.6. The van der Waals surface area contributed by atoms with E-state index >= 15 is 0 Å². The van der Waals surface area contributed by atoms with E-state index in [0.717, 1.165) is 19.3 Å². The van der Waals surface area contributed by atoms with E-state index in [0.29, 0.717) is 5.92 Å². The molecular weight excluding hydrogens is 452 g/mol. The van der Waals surface area contributed by atoms with Gasteiger partial charge in [0.15, 0.2) is 0 Å². The van der Waals surface area contributed by atoms with Crippen molar-refractivity contribution in [2.75, 3.05) is 7.11 Å². The van der Waals surface area contributed by atoms with Gasteiger partial charge in [0, 0.05) is 7.11 Å². The first-order valence-electron chi connectivity index (χ1n) is 10.9. The summed E-state index contributed by atoms with van der Waals surface area (Å²) >= 11 is 3.60. The van der Waals surface area contributed by atoms with E-state index in [1.54, 1.807) is 0 Å². The normalized spacial score (nSPS) is 23.4. The topological polar surface area (TPSA) is 18.5 Å². The number of methoxy groups -OCH3 is 1. The molecule has 1 fully saturated rings. The smallest absolute Gasteiger partial charge is 0.261 e. The molecule has 0 N–H and O–H groups in total. The maximum Gasteiger partial charge on any atom is 0.261 e. The van der Waals surface area contributed by atoms with Gasteiger partial charge in [-0.2, -0.15) is 0 Å². The average molecular weight is 488 g/mol. The van der Waals surface area contributed by atoms with Crippen molar-refractivity contribution < 1.29 is 9.16 Å². The van der Waals surface area contributed by atoms with Crippen LogP contribution >= 0.6 is 15.9 Å². The lowest BCUT2D eigenvalue weighted by Crippen LogP contribution is -2.68. The molecule has 3 atom stereocenters. The Hall–Kier alpha value is -1.20. The molecule has 2 nitrogen and oxygen atoms in total. The standard InChI is InChI=1S/C26H35BrO2Si/c1-20(27)18-21-16-17-24(25(19-21)28-5)29-30(26(2,3)4,22-12-8-6-9-13-22)23-14-10-7-11-15-23/h6-15,18,21,24-25H,16-17,19H2,1-5H3/b20-18+/t21-,24+,25+/m0/s1. The second-order valence-electron chi connectivity index (χ2n) is 9.42. The number of rotatable bonds is 6. The monoisotopic (exact) mass is 486 g/mol. The van der Waals surface area contributed by atoms with E-state index in [2.05, 4.69) is 110 Å². The van der Waals surface area contributed by atoms with Crippen molar-refractivity contribution in [3.05, 3.63) is 71.2 Å². The van der Waals surface area contributed by atoms with Crippen LogP contribution in [0.15, 0.2) is 71.2 Å². The highest BCUT2D eigenvalue weighted by molar-refractivity contribution is 9.11. The number of hydrogen-bond donors (Lipinski definition) is 0. The van der Waals surface area contributed by atoms with Crippen LogP contribution < -0.4 is 10.4 Å². The number of hydrogen-bond acceptors (Lipinski definition) is 2. The summed E-state index contributed by atoms with van der Waals surface area (Å²) in [6.45, 7) is 9.11. The van der Waals surface area contributed by atoms with Crippen LogP contribution in [-0.2, 0) is 9.16 Å². The zero-order valence-electron chi connectivity index (χ0n) is 18.9. The number of benzene rings is 2. The van der Waals surface area contributed by atoms with Crippen LogP contribution in [0.1, 0.15) is 47.0 Å². The molecule has 1 aliphatic rings. The van der Waals surface area contributed by atoms with Gasteiger partial charge in [-0.15, -0.1) is 0 Å². The fraction of sp³-hybridized carbons (Fsp3) is 0.462. The first kappa shape index (κ1) is 23.5. The minimum Gasteiger partial charge on any atom is -0.402 e. The SMILES string of the molecule is CO[C@@H]1C[C@H](/C=C(\C)Br)CC[C@H]1O[Si](c1ccccc1)(c1ccccc1)C(C)(C)C. The second kappa shape index (κ2) is 9.95. The first-order chi connectivity index (χ1) is 14.3. The molecule has 1 aliphatic carbocycles. The Kier molecular flexibility index (Phi) is 7.78. The van der Waals surface area contributed by atoms with Crippen LogP contribution in [-0.4, -0.2) is 27.6 Å². The molecule has 3 rings (SSSR count). The zero-order valence-corrected chi connectivity index (χ0v) is 21.5. The minimum atomic E-state index is -2.55.